The van der Waals surface area contributed by atoms with Gasteiger partial charge in [-0.3, -0.25) is 9.59 Å². The Hall–Kier alpha value is -3.36. The fourth-order valence-electron chi connectivity index (χ4n) is 4.18. The molecule has 2 amide bonds. The zero-order valence-electron chi connectivity index (χ0n) is 18.1. The second kappa shape index (κ2) is 7.60. The summed E-state index contributed by atoms with van der Waals surface area (Å²) in [6.45, 7) is 4.09. The van der Waals surface area contributed by atoms with Gasteiger partial charge in [0.1, 0.15) is 5.65 Å². The monoisotopic (exact) mass is 456 g/mol. The zero-order valence-corrected chi connectivity index (χ0v) is 18.1. The molecular weight excluding hydrogens is 433 g/mol. The Morgan fingerprint density at radius 2 is 1.48 bits per heavy atom. The molecule has 2 aromatic heterocycles. The van der Waals surface area contributed by atoms with Crippen LogP contribution in [0.1, 0.15) is 35.8 Å². The number of carbonyl (C=O) groups excluding carboxylic acids is 2. The van der Waals surface area contributed by atoms with Crippen molar-refractivity contribution in [2.24, 2.45) is 5.41 Å². The van der Waals surface area contributed by atoms with Gasteiger partial charge in [-0.1, -0.05) is 19.1 Å². The third-order valence-electron chi connectivity index (χ3n) is 6.58. The molecule has 2 fully saturated rings. The number of alkyl halides is 3. The smallest absolute Gasteiger partial charge is 0.339 e. The molecule has 1 saturated carbocycles. The van der Waals surface area contributed by atoms with Crippen LogP contribution >= 0.6 is 0 Å². The predicted molar refractivity (Wildman–Crippen MR) is 115 cm³/mol. The molecule has 3 heterocycles. The molecule has 0 radical (unpaired) electrons. The maximum absolute atomic E-state index is 12.9. The van der Waals surface area contributed by atoms with Gasteiger partial charge >= 0.3 is 6.18 Å². The molecule has 1 aliphatic carbocycles. The van der Waals surface area contributed by atoms with Crippen LogP contribution in [0.25, 0.3) is 16.8 Å². The summed E-state index contributed by atoms with van der Waals surface area (Å²) in [6.07, 6.45) is -0.0677. The largest absolute Gasteiger partial charge is 0.434 e. The maximum Gasteiger partial charge on any atom is 0.434 e. The number of carbonyl (C=O) groups is 2. The normalized spacial score (nSPS) is 17.9. The lowest BCUT2D eigenvalue weighted by atomic mass is 10.0. The molecule has 172 valence electrons. The number of pyridine rings is 1. The van der Waals surface area contributed by atoms with Crippen LogP contribution in [0.5, 0.6) is 0 Å². The molecule has 1 saturated heterocycles. The van der Waals surface area contributed by atoms with Crippen molar-refractivity contribution in [3.8, 4) is 11.1 Å². The second-order valence-electron chi connectivity index (χ2n) is 9.03. The van der Waals surface area contributed by atoms with E-state index >= 15 is 0 Å². The van der Waals surface area contributed by atoms with Gasteiger partial charge in [-0.25, -0.2) is 4.98 Å². The van der Waals surface area contributed by atoms with Gasteiger partial charge < -0.3 is 14.2 Å². The topological polar surface area (TPSA) is 57.9 Å². The lowest BCUT2D eigenvalue weighted by Gasteiger charge is -2.36. The van der Waals surface area contributed by atoms with E-state index in [1.165, 1.54) is 10.5 Å². The van der Waals surface area contributed by atoms with Crippen LogP contribution in [0, 0.1) is 5.41 Å². The summed E-state index contributed by atoms with van der Waals surface area (Å²) in [6, 6.07) is 10.2. The number of hydrogen-bond donors (Lipinski definition) is 0. The minimum Gasteiger partial charge on any atom is -0.339 e. The van der Waals surface area contributed by atoms with Gasteiger partial charge in [0.05, 0.1) is 0 Å². The lowest BCUT2D eigenvalue weighted by molar-refractivity contribution is -0.141. The fraction of sp³-hybridized carbons (Fsp3) is 0.375. The van der Waals surface area contributed by atoms with Crippen molar-refractivity contribution in [1.82, 2.24) is 19.2 Å². The van der Waals surface area contributed by atoms with Crippen LogP contribution in [0.2, 0.25) is 0 Å². The molecule has 2 aliphatic rings. The molecule has 0 N–H and O–H groups in total. The molecule has 1 aliphatic heterocycles. The quantitative estimate of drug-likeness (QED) is 0.596. The summed E-state index contributed by atoms with van der Waals surface area (Å²) < 4.78 is 40.1. The van der Waals surface area contributed by atoms with Gasteiger partial charge in [-0.15, -0.1) is 0 Å². The Kier molecular flexibility index (Phi) is 4.95. The Labute approximate surface area is 188 Å². The van der Waals surface area contributed by atoms with Crippen LogP contribution < -0.4 is 0 Å². The number of rotatable bonds is 3. The molecule has 5 rings (SSSR count). The molecule has 6 nitrogen and oxygen atoms in total. The van der Waals surface area contributed by atoms with E-state index in [4.69, 9.17) is 0 Å². The van der Waals surface area contributed by atoms with Crippen LogP contribution in [0.15, 0.2) is 48.8 Å². The predicted octanol–water partition coefficient (Wildman–Crippen LogP) is 4.10. The van der Waals surface area contributed by atoms with Crippen molar-refractivity contribution in [1.29, 1.82) is 0 Å². The Bertz CT molecular complexity index is 1220. The van der Waals surface area contributed by atoms with Gasteiger partial charge in [0, 0.05) is 49.6 Å². The Balaban J connectivity index is 1.27. The van der Waals surface area contributed by atoms with Crippen molar-refractivity contribution < 1.29 is 22.8 Å². The maximum atomic E-state index is 12.9. The number of aromatic nitrogens is 2. The first-order chi connectivity index (χ1) is 15.6. The summed E-state index contributed by atoms with van der Waals surface area (Å²) in [4.78, 5) is 32.6. The molecule has 9 heteroatoms. The Morgan fingerprint density at radius 3 is 2.09 bits per heavy atom. The fourth-order valence-corrected chi connectivity index (χ4v) is 4.18. The van der Waals surface area contributed by atoms with E-state index < -0.39 is 11.9 Å². The highest BCUT2D eigenvalue weighted by Gasteiger charge is 2.47. The summed E-state index contributed by atoms with van der Waals surface area (Å²) in [5.74, 6) is 0.0994. The van der Waals surface area contributed by atoms with Crippen molar-refractivity contribution >= 4 is 17.5 Å². The van der Waals surface area contributed by atoms with E-state index in [2.05, 4.69) is 4.98 Å². The minimum absolute atomic E-state index is 0.0915. The highest BCUT2D eigenvalue weighted by atomic mass is 19.4. The van der Waals surface area contributed by atoms with E-state index in [0.29, 0.717) is 37.3 Å². The number of benzene rings is 1. The van der Waals surface area contributed by atoms with Gasteiger partial charge in [-0.2, -0.15) is 13.2 Å². The average Bonchev–Trinajstić information content (AvgIpc) is 3.40. The highest BCUT2D eigenvalue weighted by Crippen LogP contribution is 2.46. The van der Waals surface area contributed by atoms with E-state index in [1.807, 2.05) is 11.8 Å². The molecular formula is C24H23F3N4O2. The van der Waals surface area contributed by atoms with E-state index in [0.717, 1.165) is 24.6 Å². The van der Waals surface area contributed by atoms with Crippen molar-refractivity contribution in [3.05, 3.63) is 60.0 Å². The Morgan fingerprint density at radius 1 is 0.879 bits per heavy atom. The zero-order chi connectivity index (χ0) is 23.4. The van der Waals surface area contributed by atoms with E-state index in [-0.39, 0.29) is 22.9 Å². The molecule has 0 atom stereocenters. The number of imidazole rings is 1. The van der Waals surface area contributed by atoms with Gasteiger partial charge in [0.2, 0.25) is 5.91 Å². The van der Waals surface area contributed by atoms with Crippen LogP contribution in [0.4, 0.5) is 13.2 Å². The van der Waals surface area contributed by atoms with E-state index in [9.17, 15) is 22.8 Å². The van der Waals surface area contributed by atoms with Crippen LogP contribution in [-0.4, -0.2) is 57.2 Å². The number of piperazine rings is 1. The van der Waals surface area contributed by atoms with Gasteiger partial charge in [0.15, 0.2) is 5.69 Å². The van der Waals surface area contributed by atoms with E-state index in [1.54, 1.807) is 41.4 Å². The van der Waals surface area contributed by atoms with Crippen molar-refractivity contribution in [2.45, 2.75) is 25.9 Å². The first kappa shape index (κ1) is 21.5. The minimum atomic E-state index is -4.50. The number of halogens is 3. The van der Waals surface area contributed by atoms with Gasteiger partial charge in [-0.05, 0) is 48.2 Å². The lowest BCUT2D eigenvalue weighted by Crippen LogP contribution is -2.52. The molecule has 33 heavy (non-hydrogen) atoms. The number of amides is 2. The third-order valence-corrected chi connectivity index (χ3v) is 6.58. The summed E-state index contributed by atoms with van der Waals surface area (Å²) in [7, 11) is 0. The molecule has 1 aromatic carbocycles. The average molecular weight is 456 g/mol. The summed E-state index contributed by atoms with van der Waals surface area (Å²) >= 11 is 0. The van der Waals surface area contributed by atoms with Crippen molar-refractivity contribution in [2.75, 3.05) is 26.2 Å². The molecule has 0 bridgehead atoms. The van der Waals surface area contributed by atoms with Gasteiger partial charge in [0.25, 0.3) is 5.91 Å². The van der Waals surface area contributed by atoms with Crippen LogP contribution in [0.3, 0.4) is 0 Å². The molecule has 3 aromatic rings. The second-order valence-corrected chi connectivity index (χ2v) is 9.03. The van der Waals surface area contributed by atoms with Crippen LogP contribution in [-0.2, 0) is 11.0 Å². The molecule has 0 spiro atoms. The number of hydrogen-bond acceptors (Lipinski definition) is 3. The third kappa shape index (κ3) is 4.07. The summed E-state index contributed by atoms with van der Waals surface area (Å²) in [5, 5.41) is 0. The number of nitrogens with zero attached hydrogens (tertiary/aromatic N) is 4. The highest BCUT2D eigenvalue weighted by molar-refractivity contribution is 5.95. The SMILES string of the molecule is CC1(C(=O)N2CCN(C(=O)c3ccc(-c4ccc5nc(C(F)(F)F)cn5c4)cc3)CC2)CC1. The molecule has 0 unspecified atom stereocenters. The number of fused-ring (bicyclic) bond motifs is 1. The van der Waals surface area contributed by atoms with Crippen molar-refractivity contribution in [3.63, 3.8) is 0 Å². The first-order valence-corrected chi connectivity index (χ1v) is 10.9. The standard InChI is InChI=1S/C24H23F3N4O2/c1-23(8-9-23)22(33)30-12-10-29(11-13-30)21(32)17-4-2-16(3-5-17)18-6-7-20-28-19(24(25,26)27)15-31(20)14-18/h2-7,14-15H,8-13H2,1H3. The summed E-state index contributed by atoms with van der Waals surface area (Å²) in [5.41, 5.74) is 1.11. The first-order valence-electron chi connectivity index (χ1n) is 10.9.